The fourth-order valence-electron chi connectivity index (χ4n) is 2.47. The summed E-state index contributed by atoms with van der Waals surface area (Å²) in [5.41, 5.74) is 4.96. The number of hydrogen-bond acceptors (Lipinski definition) is 0. The van der Waals surface area contributed by atoms with Gasteiger partial charge in [-0.1, -0.05) is 20.8 Å². The van der Waals surface area contributed by atoms with E-state index in [0.29, 0.717) is 0 Å². The summed E-state index contributed by atoms with van der Waals surface area (Å²) in [6.07, 6.45) is 2.05. The standard InChI is InChI=1S/C18H23FN/c1-12-7-8-20(6)17(9-12)14-11-15(18(3,4)5)16(19)10-13(14)2/h7-11H,1-6H3/q+1. The van der Waals surface area contributed by atoms with E-state index in [0.717, 1.165) is 22.4 Å². The molecule has 0 aliphatic carbocycles. The molecule has 2 rings (SSSR count). The van der Waals surface area contributed by atoms with Crippen LogP contribution in [0.5, 0.6) is 0 Å². The van der Waals surface area contributed by atoms with Crippen LogP contribution in [-0.2, 0) is 12.5 Å². The molecule has 0 aliphatic rings. The van der Waals surface area contributed by atoms with Crippen LogP contribution in [-0.4, -0.2) is 0 Å². The summed E-state index contributed by atoms with van der Waals surface area (Å²) in [5.74, 6) is -0.117. The van der Waals surface area contributed by atoms with Gasteiger partial charge in [0.15, 0.2) is 6.20 Å². The number of aryl methyl sites for hydroxylation is 3. The van der Waals surface area contributed by atoms with Crippen LogP contribution in [0.4, 0.5) is 4.39 Å². The second-order valence-electron chi connectivity index (χ2n) is 6.60. The molecule has 2 heteroatoms. The summed E-state index contributed by atoms with van der Waals surface area (Å²) in [4.78, 5) is 0. The zero-order chi connectivity index (χ0) is 15.1. The average molecular weight is 272 g/mol. The van der Waals surface area contributed by atoms with Crippen molar-refractivity contribution in [2.75, 3.05) is 0 Å². The molecule has 0 amide bonds. The number of hydrogen-bond donors (Lipinski definition) is 0. The lowest BCUT2D eigenvalue weighted by molar-refractivity contribution is -0.660. The minimum atomic E-state index is -0.199. The van der Waals surface area contributed by atoms with E-state index in [2.05, 4.69) is 23.6 Å². The van der Waals surface area contributed by atoms with Gasteiger partial charge in [0.25, 0.3) is 0 Å². The van der Waals surface area contributed by atoms with Crippen molar-refractivity contribution in [1.82, 2.24) is 0 Å². The van der Waals surface area contributed by atoms with Crippen LogP contribution in [0.3, 0.4) is 0 Å². The molecule has 0 spiro atoms. The van der Waals surface area contributed by atoms with Gasteiger partial charge < -0.3 is 0 Å². The Morgan fingerprint density at radius 2 is 1.70 bits per heavy atom. The van der Waals surface area contributed by atoms with Gasteiger partial charge in [-0.2, -0.15) is 0 Å². The van der Waals surface area contributed by atoms with Crippen LogP contribution >= 0.6 is 0 Å². The van der Waals surface area contributed by atoms with Crippen molar-refractivity contribution < 1.29 is 8.96 Å². The fraction of sp³-hybridized carbons (Fsp3) is 0.389. The van der Waals surface area contributed by atoms with Gasteiger partial charge in [-0.05, 0) is 48.1 Å². The highest BCUT2D eigenvalue weighted by Crippen LogP contribution is 2.31. The molecule has 0 radical (unpaired) electrons. The first-order chi connectivity index (χ1) is 9.20. The highest BCUT2D eigenvalue weighted by atomic mass is 19.1. The predicted octanol–water partition coefficient (Wildman–Crippen LogP) is 4.23. The monoisotopic (exact) mass is 272 g/mol. The van der Waals surface area contributed by atoms with Gasteiger partial charge in [0.2, 0.25) is 5.69 Å². The highest BCUT2D eigenvalue weighted by molar-refractivity contribution is 5.63. The van der Waals surface area contributed by atoms with Gasteiger partial charge in [0.05, 0.1) is 0 Å². The minimum Gasteiger partial charge on any atom is -0.207 e. The molecule has 2 aromatic rings. The molecule has 0 saturated heterocycles. The van der Waals surface area contributed by atoms with Crippen molar-refractivity contribution in [3.63, 3.8) is 0 Å². The molecule has 1 nitrogen and oxygen atoms in total. The van der Waals surface area contributed by atoms with Crippen molar-refractivity contribution in [2.45, 2.75) is 40.0 Å². The maximum absolute atomic E-state index is 14.2. The van der Waals surface area contributed by atoms with E-state index in [4.69, 9.17) is 0 Å². The van der Waals surface area contributed by atoms with Gasteiger partial charge in [0.1, 0.15) is 12.9 Å². The summed E-state index contributed by atoms with van der Waals surface area (Å²) in [5, 5.41) is 0. The molecule has 0 fully saturated rings. The predicted molar refractivity (Wildman–Crippen MR) is 81.2 cm³/mol. The normalized spacial score (nSPS) is 11.8. The van der Waals surface area contributed by atoms with E-state index in [9.17, 15) is 4.39 Å². The van der Waals surface area contributed by atoms with Crippen LogP contribution in [0.25, 0.3) is 11.3 Å². The van der Waals surface area contributed by atoms with Crippen LogP contribution in [0, 0.1) is 19.7 Å². The Bertz CT molecular complexity index is 651. The fourth-order valence-corrected chi connectivity index (χ4v) is 2.47. The third-order valence-corrected chi connectivity index (χ3v) is 3.70. The molecule has 0 atom stereocenters. The molecule has 0 bridgehead atoms. The molecule has 0 N–H and O–H groups in total. The maximum Gasteiger partial charge on any atom is 0.212 e. The maximum atomic E-state index is 14.2. The van der Waals surface area contributed by atoms with Gasteiger partial charge >= 0.3 is 0 Å². The van der Waals surface area contributed by atoms with Crippen LogP contribution < -0.4 is 4.57 Å². The topological polar surface area (TPSA) is 3.88 Å². The Labute approximate surface area is 121 Å². The minimum absolute atomic E-state index is 0.117. The van der Waals surface area contributed by atoms with Crippen molar-refractivity contribution in [2.24, 2.45) is 7.05 Å². The zero-order valence-electron chi connectivity index (χ0n) is 13.2. The Hall–Kier alpha value is -1.70. The molecule has 106 valence electrons. The number of aromatic nitrogens is 1. The molecule has 0 unspecified atom stereocenters. The summed E-state index contributed by atoms with van der Waals surface area (Å²) in [7, 11) is 2.02. The lowest BCUT2D eigenvalue weighted by Crippen LogP contribution is -2.30. The first-order valence-corrected chi connectivity index (χ1v) is 6.97. The van der Waals surface area contributed by atoms with Crippen molar-refractivity contribution in [3.8, 4) is 11.3 Å². The summed E-state index contributed by atoms with van der Waals surface area (Å²) in [6, 6.07) is 7.87. The third kappa shape index (κ3) is 2.74. The van der Waals surface area contributed by atoms with Gasteiger partial charge in [0, 0.05) is 17.7 Å². The van der Waals surface area contributed by atoms with Crippen molar-refractivity contribution in [3.05, 3.63) is 53.0 Å². The van der Waals surface area contributed by atoms with Gasteiger partial charge in [-0.25, -0.2) is 8.96 Å². The molecular weight excluding hydrogens is 249 g/mol. The lowest BCUT2D eigenvalue weighted by atomic mass is 9.84. The highest BCUT2D eigenvalue weighted by Gasteiger charge is 2.22. The van der Waals surface area contributed by atoms with E-state index in [-0.39, 0.29) is 11.2 Å². The molecule has 0 aliphatic heterocycles. The summed E-state index contributed by atoms with van der Waals surface area (Å²) in [6.45, 7) is 10.2. The number of pyridine rings is 1. The Morgan fingerprint density at radius 3 is 2.30 bits per heavy atom. The van der Waals surface area contributed by atoms with E-state index < -0.39 is 0 Å². The molecule has 0 saturated carbocycles. The SMILES string of the molecule is Cc1cc[n+](C)c(-c2cc(C(C)(C)C)c(F)cc2C)c1. The number of benzene rings is 1. The average Bonchev–Trinajstić information content (AvgIpc) is 2.31. The second kappa shape index (κ2) is 5.01. The van der Waals surface area contributed by atoms with Crippen molar-refractivity contribution >= 4 is 0 Å². The van der Waals surface area contributed by atoms with Gasteiger partial charge in [-0.15, -0.1) is 0 Å². The van der Waals surface area contributed by atoms with E-state index >= 15 is 0 Å². The molecule has 20 heavy (non-hydrogen) atoms. The molecule has 1 aromatic carbocycles. The number of rotatable bonds is 1. The van der Waals surface area contributed by atoms with E-state index in [1.165, 1.54) is 5.56 Å². The van der Waals surface area contributed by atoms with E-state index in [1.54, 1.807) is 6.07 Å². The Morgan fingerprint density at radius 1 is 1.05 bits per heavy atom. The molecular formula is C18H23FN+. The van der Waals surface area contributed by atoms with Crippen LogP contribution in [0.1, 0.15) is 37.5 Å². The first-order valence-electron chi connectivity index (χ1n) is 6.97. The first kappa shape index (κ1) is 14.7. The largest absolute Gasteiger partial charge is 0.212 e. The lowest BCUT2D eigenvalue weighted by Gasteiger charge is -2.21. The summed E-state index contributed by atoms with van der Waals surface area (Å²) < 4.78 is 16.3. The van der Waals surface area contributed by atoms with E-state index in [1.807, 2.05) is 47.0 Å². The number of nitrogens with zero attached hydrogens (tertiary/aromatic N) is 1. The molecule has 1 aromatic heterocycles. The van der Waals surface area contributed by atoms with Crippen molar-refractivity contribution in [1.29, 1.82) is 0 Å². The Balaban J connectivity index is 2.71. The Kier molecular flexibility index (Phi) is 3.68. The van der Waals surface area contributed by atoms with Crippen LogP contribution in [0.15, 0.2) is 30.5 Å². The van der Waals surface area contributed by atoms with Crippen LogP contribution in [0.2, 0.25) is 0 Å². The smallest absolute Gasteiger partial charge is 0.207 e. The third-order valence-electron chi connectivity index (χ3n) is 3.70. The second-order valence-corrected chi connectivity index (χ2v) is 6.60. The zero-order valence-corrected chi connectivity index (χ0v) is 13.2. The quantitative estimate of drug-likeness (QED) is 0.684. The summed E-state index contributed by atoms with van der Waals surface area (Å²) >= 11 is 0. The van der Waals surface area contributed by atoms with Gasteiger partial charge in [-0.3, -0.25) is 0 Å². The number of halogens is 1. The molecule has 1 heterocycles.